The molecule has 0 aromatic heterocycles. The summed E-state index contributed by atoms with van der Waals surface area (Å²) in [6, 6.07) is 18.9. The van der Waals surface area contributed by atoms with Crippen LogP contribution in [0.15, 0.2) is 66.9 Å². The van der Waals surface area contributed by atoms with Gasteiger partial charge in [-0.1, -0.05) is 36.4 Å². The molecule has 118 valence electrons. The van der Waals surface area contributed by atoms with E-state index >= 15 is 0 Å². The van der Waals surface area contributed by atoms with Crippen LogP contribution in [0.2, 0.25) is 0 Å². The van der Waals surface area contributed by atoms with E-state index < -0.39 is 0 Å². The highest BCUT2D eigenvalue weighted by atomic mass is 16.5. The quantitative estimate of drug-likeness (QED) is 0.541. The molecule has 0 aliphatic rings. The van der Waals surface area contributed by atoms with Crippen molar-refractivity contribution in [1.29, 1.82) is 5.41 Å². The van der Waals surface area contributed by atoms with Crippen molar-refractivity contribution in [3.8, 4) is 11.5 Å². The molecular weight excluding hydrogens is 300 g/mol. The highest BCUT2D eigenvalue weighted by molar-refractivity contribution is 6.08. The molecule has 0 bridgehead atoms. The second kappa shape index (κ2) is 6.79. The molecule has 0 aliphatic heterocycles. The molecule has 4 nitrogen and oxygen atoms in total. The molecule has 0 atom stereocenters. The zero-order valence-electron chi connectivity index (χ0n) is 12.9. The largest absolute Gasteiger partial charge is 0.457 e. The monoisotopic (exact) mass is 316 g/mol. The van der Waals surface area contributed by atoms with Gasteiger partial charge in [-0.2, -0.15) is 0 Å². The van der Waals surface area contributed by atoms with Gasteiger partial charge < -0.3 is 15.9 Å². The lowest BCUT2D eigenvalue weighted by atomic mass is 10.0. The van der Waals surface area contributed by atoms with Crippen LogP contribution in [0.4, 0.5) is 0 Å². The molecule has 0 heterocycles. The van der Waals surface area contributed by atoms with E-state index in [1.165, 1.54) is 6.20 Å². The average molecular weight is 316 g/mol. The third kappa shape index (κ3) is 3.03. The Balaban J connectivity index is 1.96. The van der Waals surface area contributed by atoms with E-state index in [0.717, 1.165) is 23.3 Å². The highest BCUT2D eigenvalue weighted by Crippen LogP contribution is 2.29. The van der Waals surface area contributed by atoms with Crippen molar-refractivity contribution in [2.45, 2.75) is 0 Å². The summed E-state index contributed by atoms with van der Waals surface area (Å²) in [5.41, 5.74) is 7.13. The average Bonchev–Trinajstić information content (AvgIpc) is 2.63. The third-order valence-corrected chi connectivity index (χ3v) is 3.75. The van der Waals surface area contributed by atoms with E-state index in [9.17, 15) is 4.79 Å². The summed E-state index contributed by atoms with van der Waals surface area (Å²) in [6.07, 6.45) is 3.21. The number of ether oxygens (including phenoxy) is 1. The van der Waals surface area contributed by atoms with Gasteiger partial charge in [0.1, 0.15) is 11.5 Å². The number of carbonyl (C=O) groups is 1. The lowest BCUT2D eigenvalue weighted by Crippen LogP contribution is -1.95. The molecule has 0 aliphatic carbocycles. The molecule has 3 N–H and O–H groups in total. The van der Waals surface area contributed by atoms with Crippen LogP contribution < -0.4 is 10.5 Å². The van der Waals surface area contributed by atoms with E-state index in [2.05, 4.69) is 0 Å². The standard InChI is InChI=1S/C20H16N2O2/c21-11-18(12-22)16-6-8-20(17(9-16)13-23)24-19-7-5-14-3-1-2-4-15(14)10-19/h1-13,21H,22H2/b18-12+,21-11?. The minimum atomic E-state index is 0.404. The van der Waals surface area contributed by atoms with Crippen LogP contribution in [-0.2, 0) is 0 Å². The van der Waals surface area contributed by atoms with Crippen LogP contribution in [0, 0.1) is 5.41 Å². The molecule has 4 heteroatoms. The first kappa shape index (κ1) is 15.5. The topological polar surface area (TPSA) is 76.2 Å². The van der Waals surface area contributed by atoms with E-state index in [1.54, 1.807) is 18.2 Å². The van der Waals surface area contributed by atoms with Gasteiger partial charge in [-0.25, -0.2) is 0 Å². The molecule has 0 unspecified atom stereocenters. The van der Waals surface area contributed by atoms with Crippen LogP contribution in [0.1, 0.15) is 15.9 Å². The number of carbonyl (C=O) groups excluding carboxylic acids is 1. The minimum absolute atomic E-state index is 0.404. The second-order valence-electron chi connectivity index (χ2n) is 5.25. The van der Waals surface area contributed by atoms with Crippen molar-refractivity contribution in [1.82, 2.24) is 0 Å². The molecule has 0 radical (unpaired) electrons. The third-order valence-electron chi connectivity index (χ3n) is 3.75. The van der Waals surface area contributed by atoms with Gasteiger partial charge in [-0.15, -0.1) is 0 Å². The fourth-order valence-corrected chi connectivity index (χ4v) is 2.50. The number of rotatable bonds is 5. The summed E-state index contributed by atoms with van der Waals surface area (Å²) in [5, 5.41) is 9.53. The first-order chi connectivity index (χ1) is 11.7. The van der Waals surface area contributed by atoms with E-state index in [1.807, 2.05) is 42.5 Å². The lowest BCUT2D eigenvalue weighted by Gasteiger charge is -2.11. The Morgan fingerprint density at radius 3 is 2.50 bits per heavy atom. The van der Waals surface area contributed by atoms with Gasteiger partial charge in [0.2, 0.25) is 0 Å². The van der Waals surface area contributed by atoms with Crippen LogP contribution in [0.5, 0.6) is 11.5 Å². The normalized spacial score (nSPS) is 11.2. The van der Waals surface area contributed by atoms with Gasteiger partial charge in [0, 0.05) is 18.0 Å². The van der Waals surface area contributed by atoms with Crippen LogP contribution in [0.3, 0.4) is 0 Å². The number of benzene rings is 3. The van der Waals surface area contributed by atoms with Crippen LogP contribution >= 0.6 is 0 Å². The number of hydrogen-bond acceptors (Lipinski definition) is 4. The summed E-state index contributed by atoms with van der Waals surface area (Å²) in [5.74, 6) is 1.12. The smallest absolute Gasteiger partial charge is 0.153 e. The number of aldehydes is 1. The lowest BCUT2D eigenvalue weighted by molar-refractivity contribution is 0.112. The first-order valence-electron chi connectivity index (χ1n) is 7.44. The van der Waals surface area contributed by atoms with Gasteiger partial charge in [0.25, 0.3) is 0 Å². The molecule has 3 aromatic rings. The number of allylic oxidation sites excluding steroid dienone is 1. The van der Waals surface area contributed by atoms with Gasteiger partial charge in [0.05, 0.1) is 5.56 Å². The fourth-order valence-electron chi connectivity index (χ4n) is 2.50. The fraction of sp³-hybridized carbons (Fsp3) is 0. The SMILES string of the molecule is N=C/C(=C\N)c1ccc(Oc2ccc3ccccc3c2)c(C=O)c1. The van der Waals surface area contributed by atoms with E-state index in [4.69, 9.17) is 15.9 Å². The maximum absolute atomic E-state index is 11.4. The molecule has 0 saturated heterocycles. The Labute approximate surface area is 139 Å². The molecule has 0 fully saturated rings. The predicted octanol–water partition coefficient (Wildman–Crippen LogP) is 4.39. The van der Waals surface area contributed by atoms with Crippen molar-refractivity contribution in [2.75, 3.05) is 0 Å². The zero-order chi connectivity index (χ0) is 16.9. The predicted molar refractivity (Wildman–Crippen MR) is 96.8 cm³/mol. The van der Waals surface area contributed by atoms with Gasteiger partial charge in [-0.05, 0) is 40.6 Å². The Morgan fingerprint density at radius 2 is 1.79 bits per heavy atom. The summed E-state index contributed by atoms with van der Waals surface area (Å²) in [4.78, 5) is 11.4. The van der Waals surface area contributed by atoms with E-state index in [0.29, 0.717) is 28.2 Å². The Bertz CT molecular complexity index is 945. The van der Waals surface area contributed by atoms with Crippen molar-refractivity contribution in [3.63, 3.8) is 0 Å². The maximum atomic E-state index is 11.4. The highest BCUT2D eigenvalue weighted by Gasteiger charge is 2.08. The first-order valence-corrected chi connectivity index (χ1v) is 7.44. The minimum Gasteiger partial charge on any atom is -0.457 e. The maximum Gasteiger partial charge on any atom is 0.153 e. The van der Waals surface area contributed by atoms with Crippen LogP contribution in [0.25, 0.3) is 16.3 Å². The molecule has 24 heavy (non-hydrogen) atoms. The molecule has 3 aromatic carbocycles. The summed E-state index contributed by atoms with van der Waals surface area (Å²) in [6.45, 7) is 0. The number of nitrogens with two attached hydrogens (primary N) is 1. The molecule has 3 rings (SSSR count). The summed E-state index contributed by atoms with van der Waals surface area (Å²) < 4.78 is 5.87. The van der Waals surface area contributed by atoms with Crippen molar-refractivity contribution >= 4 is 28.8 Å². The van der Waals surface area contributed by atoms with Gasteiger partial charge >= 0.3 is 0 Å². The van der Waals surface area contributed by atoms with Gasteiger partial charge in [0.15, 0.2) is 6.29 Å². The van der Waals surface area contributed by atoms with Crippen LogP contribution in [-0.4, -0.2) is 12.5 Å². The van der Waals surface area contributed by atoms with E-state index in [-0.39, 0.29) is 0 Å². The summed E-state index contributed by atoms with van der Waals surface area (Å²) in [7, 11) is 0. The Kier molecular flexibility index (Phi) is 4.38. The number of hydrogen-bond donors (Lipinski definition) is 2. The zero-order valence-corrected chi connectivity index (χ0v) is 12.9. The van der Waals surface area contributed by atoms with Gasteiger partial charge in [-0.3, -0.25) is 4.79 Å². The number of fused-ring (bicyclic) bond motifs is 1. The molecule has 0 amide bonds. The molecule has 0 spiro atoms. The number of nitrogens with one attached hydrogen (secondary N) is 1. The van der Waals surface area contributed by atoms with Crippen molar-refractivity contribution < 1.29 is 9.53 Å². The molecular formula is C20H16N2O2. The molecule has 0 saturated carbocycles. The van der Waals surface area contributed by atoms with Crippen molar-refractivity contribution in [3.05, 3.63) is 78.0 Å². The summed E-state index contributed by atoms with van der Waals surface area (Å²) >= 11 is 0. The van der Waals surface area contributed by atoms with Crippen molar-refractivity contribution in [2.24, 2.45) is 5.73 Å². The Morgan fingerprint density at radius 1 is 1.00 bits per heavy atom. The second-order valence-corrected chi connectivity index (χ2v) is 5.25. The Hall–Kier alpha value is -3.40.